The SMILES string of the molecule is C[Si]1(C)c2ccccc2-c2nc(-c3ccccc3)nc(-c3cccc(-c4cccc(-c5cc(-c6ccccc6)nc(-c6ccccc6)n5)c4)c3)c21. The van der Waals surface area contributed by atoms with Crippen LogP contribution in [0.1, 0.15) is 0 Å². The summed E-state index contributed by atoms with van der Waals surface area (Å²) >= 11 is 0. The van der Waals surface area contributed by atoms with E-state index in [1.807, 2.05) is 42.5 Å². The molecule has 5 heteroatoms. The first-order valence-corrected chi connectivity index (χ1v) is 20.3. The van der Waals surface area contributed by atoms with E-state index in [1.165, 1.54) is 15.9 Å². The van der Waals surface area contributed by atoms with Gasteiger partial charge in [-0.2, -0.15) is 0 Å². The molecule has 0 N–H and O–H groups in total. The van der Waals surface area contributed by atoms with E-state index in [2.05, 4.69) is 140 Å². The molecule has 8 aromatic rings. The molecule has 4 nitrogen and oxygen atoms in total. The lowest BCUT2D eigenvalue weighted by atomic mass is 9.98. The van der Waals surface area contributed by atoms with Crippen molar-refractivity contribution in [3.8, 4) is 78.9 Å². The zero-order valence-electron chi connectivity index (χ0n) is 28.5. The molecule has 0 bridgehead atoms. The highest BCUT2D eigenvalue weighted by Gasteiger charge is 2.41. The number of benzene rings is 6. The van der Waals surface area contributed by atoms with Gasteiger partial charge < -0.3 is 0 Å². The minimum absolute atomic E-state index is 0.707. The summed E-state index contributed by atoms with van der Waals surface area (Å²) in [6, 6.07) is 59.2. The number of hydrogen-bond donors (Lipinski definition) is 0. The lowest BCUT2D eigenvalue weighted by molar-refractivity contribution is 1.18. The Bertz CT molecular complexity index is 2490. The van der Waals surface area contributed by atoms with E-state index < -0.39 is 8.07 Å². The van der Waals surface area contributed by atoms with Gasteiger partial charge in [0.25, 0.3) is 0 Å². The minimum Gasteiger partial charge on any atom is -0.228 e. The molecule has 6 aromatic carbocycles. The Morgan fingerprint density at radius 2 is 0.804 bits per heavy atom. The van der Waals surface area contributed by atoms with Gasteiger partial charge in [0, 0.05) is 27.8 Å². The summed E-state index contributed by atoms with van der Waals surface area (Å²) in [4.78, 5) is 20.7. The third-order valence-electron chi connectivity index (χ3n) is 9.88. The second-order valence-electron chi connectivity index (χ2n) is 13.5. The van der Waals surface area contributed by atoms with Gasteiger partial charge in [-0.25, -0.2) is 19.9 Å². The first-order valence-electron chi connectivity index (χ1n) is 17.3. The van der Waals surface area contributed by atoms with Gasteiger partial charge in [0.05, 0.1) is 22.8 Å². The minimum atomic E-state index is -2.09. The van der Waals surface area contributed by atoms with Crippen LogP contribution in [0.15, 0.2) is 170 Å². The van der Waals surface area contributed by atoms with Crippen LogP contribution in [-0.4, -0.2) is 28.0 Å². The van der Waals surface area contributed by atoms with Crippen LogP contribution in [0.4, 0.5) is 0 Å². The van der Waals surface area contributed by atoms with Crippen molar-refractivity contribution < 1.29 is 0 Å². The molecule has 0 amide bonds. The molecule has 0 unspecified atom stereocenters. The summed E-state index contributed by atoms with van der Waals surface area (Å²) in [6.07, 6.45) is 0. The van der Waals surface area contributed by atoms with E-state index in [1.54, 1.807) is 0 Å². The molecule has 3 heterocycles. The molecule has 0 atom stereocenters. The van der Waals surface area contributed by atoms with Crippen molar-refractivity contribution in [1.29, 1.82) is 0 Å². The summed E-state index contributed by atoms with van der Waals surface area (Å²) in [5.41, 5.74) is 12.6. The monoisotopic (exact) mass is 670 g/mol. The predicted molar refractivity (Wildman–Crippen MR) is 212 cm³/mol. The average molecular weight is 671 g/mol. The van der Waals surface area contributed by atoms with Crippen molar-refractivity contribution in [1.82, 2.24) is 19.9 Å². The Balaban J connectivity index is 1.17. The highest BCUT2D eigenvalue weighted by Crippen LogP contribution is 2.36. The van der Waals surface area contributed by atoms with Crippen LogP contribution in [0.3, 0.4) is 0 Å². The van der Waals surface area contributed by atoms with Crippen LogP contribution in [0.25, 0.3) is 78.9 Å². The molecular formula is C46H34N4Si. The first-order chi connectivity index (χ1) is 25.0. The summed E-state index contributed by atoms with van der Waals surface area (Å²) in [5.74, 6) is 1.46. The third-order valence-corrected chi connectivity index (χ3v) is 13.4. The Hall–Kier alpha value is -6.30. The fourth-order valence-electron chi connectivity index (χ4n) is 7.31. The highest BCUT2D eigenvalue weighted by atomic mass is 28.3. The molecule has 0 spiro atoms. The molecule has 0 saturated carbocycles. The lowest BCUT2D eigenvalue weighted by Gasteiger charge is -2.22. The Kier molecular flexibility index (Phi) is 7.56. The van der Waals surface area contributed by atoms with Crippen molar-refractivity contribution in [2.45, 2.75) is 13.1 Å². The Morgan fingerprint density at radius 3 is 1.45 bits per heavy atom. The Labute approximate surface area is 299 Å². The van der Waals surface area contributed by atoms with Gasteiger partial charge in [0.2, 0.25) is 0 Å². The van der Waals surface area contributed by atoms with Crippen LogP contribution in [-0.2, 0) is 0 Å². The van der Waals surface area contributed by atoms with Crippen LogP contribution in [0, 0.1) is 0 Å². The number of nitrogens with zero attached hydrogens (tertiary/aromatic N) is 4. The average Bonchev–Trinajstić information content (AvgIpc) is 3.44. The molecule has 9 rings (SSSR count). The lowest BCUT2D eigenvalue weighted by Crippen LogP contribution is -2.50. The predicted octanol–water partition coefficient (Wildman–Crippen LogP) is 10.1. The third kappa shape index (κ3) is 5.58. The molecule has 0 radical (unpaired) electrons. The van der Waals surface area contributed by atoms with Gasteiger partial charge in [0.1, 0.15) is 8.07 Å². The molecule has 1 aliphatic rings. The fourth-order valence-corrected chi connectivity index (χ4v) is 10.5. The topological polar surface area (TPSA) is 51.6 Å². The second kappa shape index (κ2) is 12.5. The first kappa shape index (κ1) is 30.7. The van der Waals surface area contributed by atoms with Crippen molar-refractivity contribution >= 4 is 18.4 Å². The summed E-state index contributed by atoms with van der Waals surface area (Å²) in [6.45, 7) is 4.85. The maximum atomic E-state index is 5.35. The number of hydrogen-bond acceptors (Lipinski definition) is 4. The van der Waals surface area contributed by atoms with E-state index in [4.69, 9.17) is 19.9 Å². The van der Waals surface area contributed by atoms with E-state index in [0.29, 0.717) is 5.82 Å². The molecule has 242 valence electrons. The maximum absolute atomic E-state index is 5.35. The smallest absolute Gasteiger partial charge is 0.160 e. The van der Waals surface area contributed by atoms with Crippen LogP contribution in [0.5, 0.6) is 0 Å². The second-order valence-corrected chi connectivity index (χ2v) is 17.8. The molecule has 51 heavy (non-hydrogen) atoms. The number of rotatable bonds is 6. The molecule has 0 saturated heterocycles. The van der Waals surface area contributed by atoms with Crippen LogP contribution in [0.2, 0.25) is 13.1 Å². The van der Waals surface area contributed by atoms with E-state index in [9.17, 15) is 0 Å². The van der Waals surface area contributed by atoms with Gasteiger partial charge in [-0.15, -0.1) is 0 Å². The summed E-state index contributed by atoms with van der Waals surface area (Å²) in [7, 11) is -2.09. The summed E-state index contributed by atoms with van der Waals surface area (Å²) < 4.78 is 0. The van der Waals surface area contributed by atoms with Crippen molar-refractivity contribution in [2.75, 3.05) is 0 Å². The Morgan fingerprint density at radius 1 is 0.353 bits per heavy atom. The molecular weight excluding hydrogens is 637 g/mol. The zero-order chi connectivity index (χ0) is 34.4. The molecule has 2 aromatic heterocycles. The number of fused-ring (bicyclic) bond motifs is 3. The van der Waals surface area contributed by atoms with Gasteiger partial charge in [0.15, 0.2) is 11.6 Å². The standard InChI is InChI=1S/C46H34N4Si/c1-51(2)41-27-13-12-26-38(41)43-44(51)42(49-46(50-43)33-20-10-5-11-21-33)37-25-15-23-35(29-37)34-22-14-24-36(28-34)40-30-39(31-16-6-3-7-17-31)47-45(48-40)32-18-8-4-9-19-32/h3-30H,1-2H3. The zero-order valence-corrected chi connectivity index (χ0v) is 29.5. The number of aromatic nitrogens is 4. The van der Waals surface area contributed by atoms with E-state index in [0.717, 1.165) is 67.5 Å². The quantitative estimate of drug-likeness (QED) is 0.165. The van der Waals surface area contributed by atoms with Gasteiger partial charge >= 0.3 is 0 Å². The fraction of sp³-hybridized carbons (Fsp3) is 0.0435. The highest BCUT2D eigenvalue weighted by molar-refractivity contribution is 7.04. The van der Waals surface area contributed by atoms with Crippen molar-refractivity contribution in [3.63, 3.8) is 0 Å². The normalized spacial score (nSPS) is 12.7. The van der Waals surface area contributed by atoms with Gasteiger partial charge in [-0.05, 0) is 45.3 Å². The van der Waals surface area contributed by atoms with Crippen LogP contribution >= 0.6 is 0 Å². The molecule has 1 aliphatic heterocycles. The maximum Gasteiger partial charge on any atom is 0.160 e. The van der Waals surface area contributed by atoms with Gasteiger partial charge in [-0.3, -0.25) is 0 Å². The van der Waals surface area contributed by atoms with E-state index >= 15 is 0 Å². The molecule has 0 aliphatic carbocycles. The summed E-state index contributed by atoms with van der Waals surface area (Å²) in [5, 5.41) is 2.72. The molecule has 0 fully saturated rings. The van der Waals surface area contributed by atoms with Gasteiger partial charge in [-0.1, -0.05) is 165 Å². The van der Waals surface area contributed by atoms with E-state index in [-0.39, 0.29) is 0 Å². The van der Waals surface area contributed by atoms with Crippen molar-refractivity contribution in [3.05, 3.63) is 170 Å². The van der Waals surface area contributed by atoms with Crippen LogP contribution < -0.4 is 10.4 Å². The van der Waals surface area contributed by atoms with Crippen molar-refractivity contribution in [2.24, 2.45) is 0 Å². The largest absolute Gasteiger partial charge is 0.228 e.